The molecule has 0 spiro atoms. The molecule has 0 aliphatic carbocycles. The number of nitrogens with zero attached hydrogens (tertiary/aromatic N) is 4. The van der Waals surface area contributed by atoms with Crippen LogP contribution >= 0.6 is 0 Å². The van der Waals surface area contributed by atoms with Gasteiger partial charge in [0.05, 0.1) is 12.2 Å². The Morgan fingerprint density at radius 3 is 2.91 bits per heavy atom. The lowest BCUT2D eigenvalue weighted by atomic mass is 10.1. The highest BCUT2D eigenvalue weighted by Gasteiger charge is 2.12. The number of nitrogens with one attached hydrogen (secondary N) is 1. The summed E-state index contributed by atoms with van der Waals surface area (Å²) in [6.45, 7) is 4.24. The van der Waals surface area contributed by atoms with Gasteiger partial charge in [0.15, 0.2) is 11.2 Å². The molecule has 0 aromatic carbocycles. The van der Waals surface area contributed by atoms with E-state index in [1.54, 1.807) is 18.3 Å². The maximum atomic E-state index is 12.0. The van der Waals surface area contributed by atoms with E-state index in [0.717, 1.165) is 17.0 Å². The summed E-state index contributed by atoms with van der Waals surface area (Å²) in [5.74, 6) is 0.420. The molecule has 0 saturated heterocycles. The minimum atomic E-state index is -0.0390. The van der Waals surface area contributed by atoms with Gasteiger partial charge in [-0.3, -0.25) is 9.48 Å². The van der Waals surface area contributed by atoms with E-state index in [0.29, 0.717) is 30.0 Å². The van der Waals surface area contributed by atoms with Crippen LogP contribution in [0.5, 0.6) is 0 Å². The van der Waals surface area contributed by atoms with E-state index in [9.17, 15) is 4.79 Å². The van der Waals surface area contributed by atoms with Crippen LogP contribution in [0, 0.1) is 13.8 Å². The van der Waals surface area contributed by atoms with Crippen molar-refractivity contribution in [3.63, 3.8) is 0 Å². The number of rotatable bonds is 5. The van der Waals surface area contributed by atoms with Crippen molar-refractivity contribution < 1.29 is 9.21 Å². The largest absolute Gasteiger partial charge is 0.437 e. The maximum Gasteiger partial charge on any atom is 0.220 e. The van der Waals surface area contributed by atoms with Crippen molar-refractivity contribution in [3.8, 4) is 0 Å². The molecule has 120 valence electrons. The number of amides is 1. The first-order chi connectivity index (χ1) is 11.0. The molecule has 0 bridgehead atoms. The molecular weight excluding hydrogens is 294 g/mol. The first kappa shape index (κ1) is 15.2. The number of hydrogen-bond acceptors (Lipinski definition) is 5. The normalized spacial score (nSPS) is 11.1. The van der Waals surface area contributed by atoms with Gasteiger partial charge in [0, 0.05) is 25.4 Å². The first-order valence-corrected chi connectivity index (χ1v) is 7.51. The topological polar surface area (TPSA) is 85.8 Å². The molecule has 7 heteroatoms. The Morgan fingerprint density at radius 1 is 1.39 bits per heavy atom. The van der Waals surface area contributed by atoms with Crippen LogP contribution in [-0.2, 0) is 24.8 Å². The summed E-state index contributed by atoms with van der Waals surface area (Å²) in [5.41, 5.74) is 4.38. The molecule has 23 heavy (non-hydrogen) atoms. The summed E-state index contributed by atoms with van der Waals surface area (Å²) >= 11 is 0. The summed E-state index contributed by atoms with van der Waals surface area (Å²) < 4.78 is 7.36. The molecule has 3 rings (SSSR count). The molecule has 3 heterocycles. The van der Waals surface area contributed by atoms with Crippen molar-refractivity contribution in [2.24, 2.45) is 7.05 Å². The van der Waals surface area contributed by atoms with E-state index in [1.165, 1.54) is 0 Å². The number of oxazole rings is 1. The van der Waals surface area contributed by atoms with Gasteiger partial charge < -0.3 is 9.73 Å². The standard InChI is InChI=1S/C16H19N5O2/c1-10-12(11(2)21(3)20-10)6-7-14(22)18-9-15-19-16-13(23-15)5-4-8-17-16/h4-5,8H,6-7,9H2,1-3H3,(H,18,22). The Balaban J connectivity index is 1.55. The van der Waals surface area contributed by atoms with E-state index in [4.69, 9.17) is 4.42 Å². The lowest BCUT2D eigenvalue weighted by Gasteiger charge is -2.03. The third-order valence-corrected chi connectivity index (χ3v) is 3.91. The molecule has 0 aliphatic heterocycles. The van der Waals surface area contributed by atoms with Gasteiger partial charge in [-0.05, 0) is 38.0 Å². The first-order valence-electron chi connectivity index (χ1n) is 7.51. The smallest absolute Gasteiger partial charge is 0.220 e. The molecule has 7 nitrogen and oxygen atoms in total. The predicted octanol–water partition coefficient (Wildman–Crippen LogP) is 1.82. The Kier molecular flexibility index (Phi) is 4.10. The Labute approximate surface area is 133 Å². The van der Waals surface area contributed by atoms with Gasteiger partial charge in [-0.1, -0.05) is 0 Å². The lowest BCUT2D eigenvalue weighted by molar-refractivity contribution is -0.121. The maximum absolute atomic E-state index is 12.0. The van der Waals surface area contributed by atoms with Gasteiger partial charge >= 0.3 is 0 Å². The molecule has 0 fully saturated rings. The zero-order chi connectivity index (χ0) is 16.4. The fourth-order valence-electron chi connectivity index (χ4n) is 2.57. The minimum absolute atomic E-state index is 0.0390. The van der Waals surface area contributed by atoms with E-state index in [-0.39, 0.29) is 12.5 Å². The lowest BCUT2D eigenvalue weighted by Crippen LogP contribution is -2.23. The molecule has 0 unspecified atom stereocenters. The number of pyridine rings is 1. The van der Waals surface area contributed by atoms with Crippen LogP contribution in [0.2, 0.25) is 0 Å². The van der Waals surface area contributed by atoms with Crippen molar-refractivity contribution in [1.82, 2.24) is 25.1 Å². The van der Waals surface area contributed by atoms with Crippen LogP contribution in [0.1, 0.15) is 29.3 Å². The highest BCUT2D eigenvalue weighted by Crippen LogP contribution is 2.14. The zero-order valence-corrected chi connectivity index (χ0v) is 13.5. The molecule has 0 saturated carbocycles. The van der Waals surface area contributed by atoms with E-state index < -0.39 is 0 Å². The van der Waals surface area contributed by atoms with Gasteiger partial charge in [0.1, 0.15) is 0 Å². The summed E-state index contributed by atoms with van der Waals surface area (Å²) in [5, 5.41) is 7.19. The monoisotopic (exact) mass is 313 g/mol. The summed E-state index contributed by atoms with van der Waals surface area (Å²) in [4.78, 5) is 20.3. The van der Waals surface area contributed by atoms with Gasteiger partial charge in [0.2, 0.25) is 11.8 Å². The summed E-state index contributed by atoms with van der Waals surface area (Å²) in [6.07, 6.45) is 2.74. The molecule has 0 radical (unpaired) electrons. The van der Waals surface area contributed by atoms with E-state index in [1.807, 2.05) is 25.6 Å². The van der Waals surface area contributed by atoms with Crippen molar-refractivity contribution in [2.75, 3.05) is 0 Å². The van der Waals surface area contributed by atoms with Crippen LogP contribution < -0.4 is 5.32 Å². The molecule has 1 amide bonds. The number of hydrogen-bond donors (Lipinski definition) is 1. The molecule has 3 aromatic heterocycles. The number of carbonyl (C=O) groups is 1. The minimum Gasteiger partial charge on any atom is -0.437 e. The van der Waals surface area contributed by atoms with Crippen molar-refractivity contribution >= 4 is 17.1 Å². The number of fused-ring (bicyclic) bond motifs is 1. The van der Waals surface area contributed by atoms with Gasteiger partial charge in [-0.2, -0.15) is 10.1 Å². The average molecular weight is 313 g/mol. The quantitative estimate of drug-likeness (QED) is 0.776. The highest BCUT2D eigenvalue weighted by atomic mass is 16.3. The van der Waals surface area contributed by atoms with Crippen LogP contribution in [-0.4, -0.2) is 25.7 Å². The third-order valence-electron chi connectivity index (χ3n) is 3.91. The van der Waals surface area contributed by atoms with E-state index in [2.05, 4.69) is 20.4 Å². The molecule has 1 N–H and O–H groups in total. The second-order valence-electron chi connectivity index (χ2n) is 5.48. The molecule has 0 aliphatic rings. The van der Waals surface area contributed by atoms with Gasteiger partial charge in [-0.25, -0.2) is 4.98 Å². The summed E-state index contributed by atoms with van der Waals surface area (Å²) in [7, 11) is 1.91. The highest BCUT2D eigenvalue weighted by molar-refractivity contribution is 5.76. The fourth-order valence-corrected chi connectivity index (χ4v) is 2.57. The Hall–Kier alpha value is -2.70. The number of carbonyl (C=O) groups excluding carboxylic acids is 1. The second-order valence-corrected chi connectivity index (χ2v) is 5.48. The van der Waals surface area contributed by atoms with Crippen LogP contribution in [0.15, 0.2) is 22.7 Å². The van der Waals surface area contributed by atoms with Gasteiger partial charge in [0.25, 0.3) is 0 Å². The number of aryl methyl sites for hydroxylation is 2. The van der Waals surface area contributed by atoms with Crippen LogP contribution in [0.25, 0.3) is 11.2 Å². The average Bonchev–Trinajstić information content (AvgIpc) is 3.05. The zero-order valence-electron chi connectivity index (χ0n) is 13.5. The molecule has 3 aromatic rings. The fraction of sp³-hybridized carbons (Fsp3) is 0.375. The van der Waals surface area contributed by atoms with Gasteiger partial charge in [-0.15, -0.1) is 0 Å². The van der Waals surface area contributed by atoms with Crippen molar-refractivity contribution in [2.45, 2.75) is 33.2 Å². The summed E-state index contributed by atoms with van der Waals surface area (Å²) in [6, 6.07) is 3.59. The molecular formula is C16H19N5O2. The van der Waals surface area contributed by atoms with Crippen LogP contribution in [0.4, 0.5) is 0 Å². The number of aromatic nitrogens is 4. The Morgan fingerprint density at radius 2 is 2.22 bits per heavy atom. The van der Waals surface area contributed by atoms with Crippen molar-refractivity contribution in [1.29, 1.82) is 0 Å². The second kappa shape index (κ2) is 6.20. The SMILES string of the molecule is Cc1nn(C)c(C)c1CCC(=O)NCc1nc2ncccc2o1. The van der Waals surface area contributed by atoms with Crippen LogP contribution in [0.3, 0.4) is 0 Å². The third kappa shape index (κ3) is 3.23. The predicted molar refractivity (Wildman–Crippen MR) is 84.7 cm³/mol. The van der Waals surface area contributed by atoms with Crippen molar-refractivity contribution in [3.05, 3.63) is 41.2 Å². The molecule has 0 atom stereocenters. The van der Waals surface area contributed by atoms with E-state index >= 15 is 0 Å². The Bertz CT molecular complexity index is 816.